The maximum Gasteiger partial charge on any atom is 0.0717 e. The van der Waals surface area contributed by atoms with Gasteiger partial charge in [0.15, 0.2) is 0 Å². The topological polar surface area (TPSA) is 59.3 Å². The van der Waals surface area contributed by atoms with E-state index in [0.29, 0.717) is 17.4 Å². The molecule has 3 fully saturated rings. The summed E-state index contributed by atoms with van der Waals surface area (Å²) < 4.78 is 7.93. The molecule has 1 heterocycles. The van der Waals surface area contributed by atoms with Crippen LogP contribution >= 0.6 is 0 Å². The lowest BCUT2D eigenvalue weighted by molar-refractivity contribution is -0.0846. The van der Waals surface area contributed by atoms with Crippen molar-refractivity contribution < 1.29 is 9.84 Å². The van der Waals surface area contributed by atoms with Crippen molar-refractivity contribution in [2.24, 2.45) is 17.3 Å². The molecule has 1 aromatic carbocycles. The summed E-state index contributed by atoms with van der Waals surface area (Å²) in [7, 11) is 0. The fraction of sp³-hybridized carbons (Fsp3) is 0.625. The third kappa shape index (κ3) is 4.42. The largest absolute Gasteiger partial charge is 0.391 e. The Morgan fingerprint density at radius 1 is 1.07 bits per heavy atom. The van der Waals surface area contributed by atoms with Gasteiger partial charge in [-0.15, -0.1) is 0 Å². The van der Waals surface area contributed by atoms with Crippen LogP contribution in [0.1, 0.15) is 44.1 Å². The minimum absolute atomic E-state index is 0.215. The van der Waals surface area contributed by atoms with Crippen LogP contribution in [0.3, 0.4) is 0 Å². The summed E-state index contributed by atoms with van der Waals surface area (Å²) in [5.41, 5.74) is 1.83. The number of rotatable bonds is 8. The molecule has 2 N–H and O–H groups in total. The minimum atomic E-state index is -0.215. The SMILES string of the molecule is O[C@@H]1CC(Cn2cccn2)C[C@H]1NC1CC2(CC(COCc3ccccc3)C2)C1. The Hall–Kier alpha value is -1.69. The monoisotopic (exact) mass is 395 g/mol. The standard InChI is InChI=1S/C24H33N3O2/c28-23-10-19(15-27-8-4-7-25-27)9-22(23)26-21-13-24(14-21)11-20(12-24)17-29-16-18-5-2-1-3-6-18/h1-8,19-23,26,28H,9-17H2/t19?,20?,21?,22-,23-,24?/m1/s1. The average Bonchev–Trinajstić information content (AvgIpc) is 3.28. The highest BCUT2D eigenvalue weighted by Crippen LogP contribution is 2.59. The van der Waals surface area contributed by atoms with Crippen molar-refractivity contribution in [3.8, 4) is 0 Å². The number of benzene rings is 1. The molecule has 1 aromatic heterocycles. The van der Waals surface area contributed by atoms with Gasteiger partial charge in [0.1, 0.15) is 0 Å². The second kappa shape index (κ2) is 8.21. The van der Waals surface area contributed by atoms with Crippen LogP contribution in [0.5, 0.6) is 0 Å². The number of aromatic nitrogens is 2. The van der Waals surface area contributed by atoms with E-state index in [1.807, 2.05) is 29.2 Å². The quantitative estimate of drug-likeness (QED) is 0.719. The molecule has 5 rings (SSSR count). The van der Waals surface area contributed by atoms with Crippen molar-refractivity contribution in [1.29, 1.82) is 0 Å². The number of aliphatic hydroxyl groups is 1. The highest BCUT2D eigenvalue weighted by atomic mass is 16.5. The summed E-state index contributed by atoms with van der Waals surface area (Å²) in [5, 5.41) is 18.6. The van der Waals surface area contributed by atoms with Crippen LogP contribution in [0, 0.1) is 17.3 Å². The Morgan fingerprint density at radius 2 is 1.90 bits per heavy atom. The Balaban J connectivity index is 0.989. The second-order valence-electron chi connectivity index (χ2n) is 9.79. The van der Waals surface area contributed by atoms with Gasteiger partial charge in [-0.1, -0.05) is 30.3 Å². The molecule has 0 radical (unpaired) electrons. The summed E-state index contributed by atoms with van der Waals surface area (Å²) in [4.78, 5) is 0. The van der Waals surface area contributed by atoms with Crippen LogP contribution in [-0.2, 0) is 17.9 Å². The number of ether oxygens (including phenoxy) is 1. The van der Waals surface area contributed by atoms with Crippen molar-refractivity contribution >= 4 is 0 Å². The van der Waals surface area contributed by atoms with Crippen molar-refractivity contribution in [2.45, 2.75) is 69.9 Å². The fourth-order valence-electron chi connectivity index (χ4n) is 6.06. The molecule has 0 aliphatic heterocycles. The molecule has 29 heavy (non-hydrogen) atoms. The van der Waals surface area contributed by atoms with Crippen LogP contribution in [0.25, 0.3) is 0 Å². The molecule has 1 spiro atoms. The van der Waals surface area contributed by atoms with E-state index in [2.05, 4.69) is 34.7 Å². The summed E-state index contributed by atoms with van der Waals surface area (Å²) in [5.74, 6) is 1.25. The summed E-state index contributed by atoms with van der Waals surface area (Å²) >= 11 is 0. The molecular weight excluding hydrogens is 362 g/mol. The van der Waals surface area contributed by atoms with Crippen molar-refractivity contribution in [1.82, 2.24) is 15.1 Å². The molecule has 3 saturated carbocycles. The van der Waals surface area contributed by atoms with Crippen LogP contribution < -0.4 is 5.32 Å². The third-order valence-corrected chi connectivity index (χ3v) is 7.35. The molecule has 0 amide bonds. The first-order chi connectivity index (χ1) is 14.2. The van der Waals surface area contributed by atoms with E-state index in [1.165, 1.54) is 31.2 Å². The van der Waals surface area contributed by atoms with E-state index < -0.39 is 0 Å². The Bertz CT molecular complexity index is 765. The highest BCUT2D eigenvalue weighted by Gasteiger charge is 2.53. The van der Waals surface area contributed by atoms with E-state index >= 15 is 0 Å². The molecular formula is C24H33N3O2. The zero-order valence-corrected chi connectivity index (χ0v) is 17.1. The van der Waals surface area contributed by atoms with Gasteiger partial charge < -0.3 is 15.2 Å². The van der Waals surface area contributed by atoms with E-state index in [9.17, 15) is 5.11 Å². The van der Waals surface area contributed by atoms with Crippen molar-refractivity contribution in [3.05, 3.63) is 54.4 Å². The lowest BCUT2D eigenvalue weighted by atomic mass is 9.50. The molecule has 5 heteroatoms. The van der Waals surface area contributed by atoms with Gasteiger partial charge >= 0.3 is 0 Å². The van der Waals surface area contributed by atoms with Gasteiger partial charge in [0.05, 0.1) is 12.7 Å². The van der Waals surface area contributed by atoms with Crippen LogP contribution in [0.2, 0.25) is 0 Å². The van der Waals surface area contributed by atoms with E-state index in [1.54, 1.807) is 0 Å². The second-order valence-corrected chi connectivity index (χ2v) is 9.79. The number of nitrogens with zero attached hydrogens (tertiary/aromatic N) is 2. The minimum Gasteiger partial charge on any atom is -0.391 e. The van der Waals surface area contributed by atoms with Gasteiger partial charge in [-0.05, 0) is 67.4 Å². The van der Waals surface area contributed by atoms with E-state index in [0.717, 1.165) is 38.5 Å². The van der Waals surface area contributed by atoms with Crippen LogP contribution in [-0.4, -0.2) is 39.7 Å². The molecule has 3 aliphatic rings. The highest BCUT2D eigenvalue weighted by molar-refractivity contribution is 5.13. The van der Waals surface area contributed by atoms with Gasteiger partial charge in [-0.2, -0.15) is 5.10 Å². The normalized spacial score (nSPS) is 36.1. The van der Waals surface area contributed by atoms with Crippen LogP contribution in [0.15, 0.2) is 48.8 Å². The number of nitrogens with one attached hydrogen (secondary N) is 1. The predicted octanol–water partition coefficient (Wildman–Crippen LogP) is 3.39. The molecule has 156 valence electrons. The number of hydrogen-bond donors (Lipinski definition) is 2. The van der Waals surface area contributed by atoms with Crippen molar-refractivity contribution in [2.75, 3.05) is 6.61 Å². The number of aliphatic hydroxyl groups excluding tert-OH is 1. The van der Waals surface area contributed by atoms with Crippen LogP contribution in [0.4, 0.5) is 0 Å². The van der Waals surface area contributed by atoms with Gasteiger partial charge in [0, 0.05) is 37.6 Å². The van der Waals surface area contributed by atoms with E-state index in [4.69, 9.17) is 4.74 Å². The molecule has 3 aliphatic carbocycles. The number of hydrogen-bond acceptors (Lipinski definition) is 4. The Kier molecular flexibility index (Phi) is 5.46. The molecule has 2 aromatic rings. The fourth-order valence-corrected chi connectivity index (χ4v) is 6.06. The Morgan fingerprint density at radius 3 is 2.66 bits per heavy atom. The van der Waals surface area contributed by atoms with Crippen molar-refractivity contribution in [3.63, 3.8) is 0 Å². The summed E-state index contributed by atoms with van der Waals surface area (Å²) in [6.45, 7) is 2.54. The maximum atomic E-state index is 10.5. The first kappa shape index (κ1) is 19.3. The van der Waals surface area contributed by atoms with Gasteiger partial charge in [-0.3, -0.25) is 4.68 Å². The Labute approximate surface area is 173 Å². The van der Waals surface area contributed by atoms with E-state index in [-0.39, 0.29) is 12.1 Å². The van der Waals surface area contributed by atoms with Gasteiger partial charge in [-0.25, -0.2) is 0 Å². The first-order valence-corrected chi connectivity index (χ1v) is 11.2. The molecule has 3 atom stereocenters. The lowest BCUT2D eigenvalue weighted by Gasteiger charge is -2.58. The molecule has 1 unspecified atom stereocenters. The maximum absolute atomic E-state index is 10.5. The zero-order chi connectivity index (χ0) is 19.7. The smallest absolute Gasteiger partial charge is 0.0717 e. The van der Waals surface area contributed by atoms with Gasteiger partial charge in [0.2, 0.25) is 0 Å². The summed E-state index contributed by atoms with van der Waals surface area (Å²) in [6.07, 6.45) is 10.7. The molecule has 0 saturated heterocycles. The first-order valence-electron chi connectivity index (χ1n) is 11.2. The molecule has 5 nitrogen and oxygen atoms in total. The molecule has 0 bridgehead atoms. The van der Waals surface area contributed by atoms with Gasteiger partial charge in [0.25, 0.3) is 0 Å². The average molecular weight is 396 g/mol. The third-order valence-electron chi connectivity index (χ3n) is 7.35. The predicted molar refractivity (Wildman–Crippen MR) is 112 cm³/mol. The lowest BCUT2D eigenvalue weighted by Crippen LogP contribution is -2.58. The zero-order valence-electron chi connectivity index (χ0n) is 17.1. The summed E-state index contributed by atoms with van der Waals surface area (Å²) in [6, 6.07) is 13.2.